The zero-order chi connectivity index (χ0) is 14.8. The number of benzene rings is 1. The summed E-state index contributed by atoms with van der Waals surface area (Å²) in [6.45, 7) is 0. The van der Waals surface area contributed by atoms with E-state index in [9.17, 15) is 8.78 Å². The Morgan fingerprint density at radius 3 is 2.43 bits per heavy atom. The van der Waals surface area contributed by atoms with E-state index in [-0.39, 0.29) is 0 Å². The van der Waals surface area contributed by atoms with Gasteiger partial charge in [-0.15, -0.1) is 0 Å². The molecule has 21 heavy (non-hydrogen) atoms. The van der Waals surface area contributed by atoms with Crippen molar-refractivity contribution in [3.63, 3.8) is 0 Å². The average molecular weight is 308 g/mol. The average Bonchev–Trinajstić information content (AvgIpc) is 3.17. The summed E-state index contributed by atoms with van der Waals surface area (Å²) >= 11 is 5.89. The quantitative estimate of drug-likeness (QED) is 0.673. The summed E-state index contributed by atoms with van der Waals surface area (Å²) in [5.74, 6) is -0.416. The fraction of sp³-hybridized carbons (Fsp3) is 0.200. The van der Waals surface area contributed by atoms with Gasteiger partial charge in [-0.2, -0.15) is 5.10 Å². The van der Waals surface area contributed by atoms with Crippen LogP contribution in [0, 0.1) is 11.6 Å². The Labute approximate surface area is 125 Å². The molecule has 0 bridgehead atoms. The maximum atomic E-state index is 11.9. The standard InChI is InChI=1S/C9H8ClN3.C6H4F2/c10-8-5-7(6-1-2-6)9-11-3-4-13(9)12-8;7-5-2-1-3-6(8)4-5/h3-6H,1-2H2;1-4H. The van der Waals surface area contributed by atoms with Gasteiger partial charge in [0.1, 0.15) is 16.8 Å². The summed E-state index contributed by atoms with van der Waals surface area (Å²) in [5.41, 5.74) is 2.19. The maximum absolute atomic E-state index is 11.9. The lowest BCUT2D eigenvalue weighted by Crippen LogP contribution is -1.95. The number of fused-ring (bicyclic) bond motifs is 1. The van der Waals surface area contributed by atoms with E-state index < -0.39 is 11.6 Å². The third-order valence-electron chi connectivity index (χ3n) is 3.16. The van der Waals surface area contributed by atoms with Crippen LogP contribution in [0.4, 0.5) is 8.78 Å². The van der Waals surface area contributed by atoms with Crippen molar-refractivity contribution in [1.82, 2.24) is 14.6 Å². The molecule has 4 rings (SSSR count). The molecular weight excluding hydrogens is 296 g/mol. The van der Waals surface area contributed by atoms with Crippen molar-refractivity contribution in [2.24, 2.45) is 0 Å². The third kappa shape index (κ3) is 3.36. The van der Waals surface area contributed by atoms with Crippen LogP contribution in [0.1, 0.15) is 24.3 Å². The second-order valence-electron chi connectivity index (χ2n) is 4.83. The molecule has 2 heterocycles. The molecule has 1 aliphatic carbocycles. The molecule has 0 unspecified atom stereocenters. The Morgan fingerprint density at radius 2 is 1.86 bits per heavy atom. The van der Waals surface area contributed by atoms with Crippen molar-refractivity contribution in [2.75, 3.05) is 0 Å². The Hall–Kier alpha value is -2.01. The van der Waals surface area contributed by atoms with Gasteiger partial charge in [-0.3, -0.25) is 0 Å². The predicted octanol–water partition coefficient (Wildman–Crippen LogP) is 4.22. The van der Waals surface area contributed by atoms with Crippen LogP contribution in [0.3, 0.4) is 0 Å². The molecule has 3 nitrogen and oxygen atoms in total. The second kappa shape index (κ2) is 5.77. The Balaban J connectivity index is 0.000000143. The molecule has 0 saturated heterocycles. The maximum Gasteiger partial charge on any atom is 0.157 e. The number of halogens is 3. The van der Waals surface area contributed by atoms with E-state index in [1.807, 2.05) is 12.3 Å². The predicted molar refractivity (Wildman–Crippen MR) is 76.3 cm³/mol. The van der Waals surface area contributed by atoms with E-state index in [2.05, 4.69) is 10.1 Å². The molecule has 108 valence electrons. The fourth-order valence-electron chi connectivity index (χ4n) is 2.06. The lowest BCUT2D eigenvalue weighted by molar-refractivity contribution is 0.583. The molecule has 6 heteroatoms. The Bertz CT molecular complexity index is 751. The van der Waals surface area contributed by atoms with Gasteiger partial charge in [-0.1, -0.05) is 17.7 Å². The van der Waals surface area contributed by atoms with Crippen molar-refractivity contribution in [3.05, 3.63) is 65.1 Å². The molecule has 0 amide bonds. The topological polar surface area (TPSA) is 30.2 Å². The van der Waals surface area contributed by atoms with Crippen molar-refractivity contribution in [3.8, 4) is 0 Å². The minimum Gasteiger partial charge on any atom is -0.235 e. The zero-order valence-corrected chi connectivity index (χ0v) is 11.8. The molecule has 0 aliphatic heterocycles. The molecule has 2 aromatic heterocycles. The van der Waals surface area contributed by atoms with Gasteiger partial charge in [0.05, 0.1) is 0 Å². The van der Waals surface area contributed by atoms with E-state index >= 15 is 0 Å². The van der Waals surface area contributed by atoms with Crippen molar-refractivity contribution >= 4 is 17.2 Å². The summed E-state index contributed by atoms with van der Waals surface area (Å²) in [4.78, 5) is 4.26. The minimum absolute atomic E-state index is 0.537. The molecule has 1 aromatic carbocycles. The van der Waals surface area contributed by atoms with E-state index in [4.69, 9.17) is 11.6 Å². The monoisotopic (exact) mass is 307 g/mol. The summed E-state index contributed by atoms with van der Waals surface area (Å²) in [7, 11) is 0. The lowest BCUT2D eigenvalue weighted by Gasteiger charge is -2.00. The van der Waals surface area contributed by atoms with Gasteiger partial charge in [-0.05, 0) is 37.0 Å². The molecule has 0 radical (unpaired) electrons. The summed E-state index contributed by atoms with van der Waals surface area (Å²) < 4.78 is 25.6. The first-order valence-electron chi connectivity index (χ1n) is 6.54. The van der Waals surface area contributed by atoms with Gasteiger partial charge < -0.3 is 0 Å². The first kappa shape index (κ1) is 13.9. The Morgan fingerprint density at radius 1 is 1.14 bits per heavy atom. The van der Waals surface area contributed by atoms with Crippen LogP contribution in [0.2, 0.25) is 5.15 Å². The highest BCUT2D eigenvalue weighted by atomic mass is 35.5. The van der Waals surface area contributed by atoms with Gasteiger partial charge in [0.25, 0.3) is 0 Å². The first-order chi connectivity index (χ1) is 10.1. The molecule has 1 aliphatic rings. The van der Waals surface area contributed by atoms with Crippen molar-refractivity contribution < 1.29 is 8.78 Å². The first-order valence-corrected chi connectivity index (χ1v) is 6.92. The molecule has 0 atom stereocenters. The minimum atomic E-state index is -0.537. The highest BCUT2D eigenvalue weighted by Crippen LogP contribution is 2.41. The Kier molecular flexibility index (Phi) is 3.84. The van der Waals surface area contributed by atoms with Crippen LogP contribution < -0.4 is 0 Å². The van der Waals surface area contributed by atoms with Gasteiger partial charge in [0.2, 0.25) is 0 Å². The van der Waals surface area contributed by atoms with Gasteiger partial charge in [0.15, 0.2) is 5.65 Å². The van der Waals surface area contributed by atoms with Crippen molar-refractivity contribution in [1.29, 1.82) is 0 Å². The number of hydrogen-bond donors (Lipinski definition) is 0. The van der Waals surface area contributed by atoms with E-state index in [1.165, 1.54) is 36.6 Å². The number of imidazole rings is 1. The van der Waals surface area contributed by atoms with Crippen LogP contribution in [0.5, 0.6) is 0 Å². The molecule has 3 aromatic rings. The molecule has 0 N–H and O–H groups in total. The van der Waals surface area contributed by atoms with E-state index in [0.717, 1.165) is 11.7 Å². The molecule has 1 saturated carbocycles. The highest BCUT2D eigenvalue weighted by Gasteiger charge is 2.26. The normalized spacial score (nSPS) is 13.9. The van der Waals surface area contributed by atoms with Crippen LogP contribution >= 0.6 is 11.6 Å². The van der Waals surface area contributed by atoms with Gasteiger partial charge in [-0.25, -0.2) is 18.3 Å². The van der Waals surface area contributed by atoms with E-state index in [0.29, 0.717) is 11.1 Å². The summed E-state index contributed by atoms with van der Waals surface area (Å²) in [5, 5.41) is 4.67. The largest absolute Gasteiger partial charge is 0.235 e. The smallest absolute Gasteiger partial charge is 0.157 e. The zero-order valence-electron chi connectivity index (χ0n) is 11.0. The second-order valence-corrected chi connectivity index (χ2v) is 5.22. The van der Waals surface area contributed by atoms with Gasteiger partial charge >= 0.3 is 0 Å². The lowest BCUT2D eigenvalue weighted by atomic mass is 10.2. The fourth-order valence-corrected chi connectivity index (χ4v) is 2.26. The number of hydrogen-bond acceptors (Lipinski definition) is 2. The highest BCUT2D eigenvalue weighted by molar-refractivity contribution is 6.29. The molecule has 1 fully saturated rings. The number of aromatic nitrogens is 3. The third-order valence-corrected chi connectivity index (χ3v) is 3.35. The van der Waals surface area contributed by atoms with E-state index in [1.54, 1.807) is 10.7 Å². The summed E-state index contributed by atoms with van der Waals surface area (Å²) in [6.07, 6.45) is 6.09. The molecule has 0 spiro atoms. The number of nitrogens with zero attached hydrogens (tertiary/aromatic N) is 3. The van der Waals surface area contributed by atoms with Gasteiger partial charge in [0, 0.05) is 24.0 Å². The van der Waals surface area contributed by atoms with Crippen LogP contribution in [0.25, 0.3) is 5.65 Å². The summed E-state index contributed by atoms with van der Waals surface area (Å²) in [6, 6.07) is 6.48. The van der Waals surface area contributed by atoms with Crippen LogP contribution in [-0.2, 0) is 0 Å². The van der Waals surface area contributed by atoms with Crippen LogP contribution in [-0.4, -0.2) is 14.6 Å². The van der Waals surface area contributed by atoms with Crippen LogP contribution in [0.15, 0.2) is 42.7 Å². The van der Waals surface area contributed by atoms with Crippen molar-refractivity contribution in [2.45, 2.75) is 18.8 Å². The number of rotatable bonds is 1. The molecular formula is C15H12ClF2N3. The SMILES string of the molecule is Clc1cc(C2CC2)c2nccn2n1.Fc1cccc(F)c1.